The second-order valence-corrected chi connectivity index (χ2v) is 6.55. The Morgan fingerprint density at radius 2 is 1.96 bits per heavy atom. The zero-order valence-electron chi connectivity index (χ0n) is 14.3. The van der Waals surface area contributed by atoms with Gasteiger partial charge in [0.15, 0.2) is 0 Å². The standard InChI is InChI=1S/C19H25N3O2/c1-21(2)18-12-22(13-19(18)23)11-15-6-8-17(9-7-15)24-14-16-5-3-4-10-20-16/h3-10,18-19,23H,11-14H2,1-2H3/t18-,19-/m0/s1. The van der Waals surface area contributed by atoms with E-state index >= 15 is 0 Å². The van der Waals surface area contributed by atoms with Crippen LogP contribution in [0.4, 0.5) is 0 Å². The maximum Gasteiger partial charge on any atom is 0.130 e. The highest BCUT2D eigenvalue weighted by molar-refractivity contribution is 5.27. The molecule has 0 aliphatic carbocycles. The van der Waals surface area contributed by atoms with Gasteiger partial charge in [-0.05, 0) is 43.9 Å². The third-order valence-electron chi connectivity index (χ3n) is 4.44. The van der Waals surface area contributed by atoms with Crippen LogP contribution in [0.3, 0.4) is 0 Å². The predicted octanol–water partition coefficient (Wildman–Crippen LogP) is 1.77. The molecule has 2 aromatic rings. The molecular weight excluding hydrogens is 302 g/mol. The number of benzene rings is 1. The van der Waals surface area contributed by atoms with Gasteiger partial charge in [-0.3, -0.25) is 9.88 Å². The van der Waals surface area contributed by atoms with Gasteiger partial charge in [0.1, 0.15) is 12.4 Å². The van der Waals surface area contributed by atoms with E-state index in [0.717, 1.165) is 31.1 Å². The summed E-state index contributed by atoms with van der Waals surface area (Å²) in [5, 5.41) is 10.1. The minimum atomic E-state index is -0.277. The molecule has 128 valence electrons. The van der Waals surface area contributed by atoms with Gasteiger partial charge in [-0.15, -0.1) is 0 Å². The summed E-state index contributed by atoms with van der Waals surface area (Å²) in [7, 11) is 4.04. The molecule has 0 unspecified atom stereocenters. The average Bonchev–Trinajstić information content (AvgIpc) is 2.96. The summed E-state index contributed by atoms with van der Waals surface area (Å²) in [5.41, 5.74) is 2.15. The Kier molecular flexibility index (Phi) is 5.45. The number of aliphatic hydroxyl groups is 1. The van der Waals surface area contributed by atoms with Crippen molar-refractivity contribution >= 4 is 0 Å². The van der Waals surface area contributed by atoms with Gasteiger partial charge in [0.2, 0.25) is 0 Å². The second kappa shape index (κ2) is 7.75. The van der Waals surface area contributed by atoms with Gasteiger partial charge in [-0.1, -0.05) is 18.2 Å². The molecule has 1 aliphatic rings. The molecule has 0 bridgehead atoms. The van der Waals surface area contributed by atoms with Crippen LogP contribution >= 0.6 is 0 Å². The van der Waals surface area contributed by atoms with E-state index in [9.17, 15) is 5.11 Å². The van der Waals surface area contributed by atoms with E-state index in [1.54, 1.807) is 6.20 Å². The highest BCUT2D eigenvalue weighted by Crippen LogP contribution is 2.19. The number of β-amino-alcohol motifs (C(OH)–C–C–N with tert-alkyl or cyclic N) is 1. The van der Waals surface area contributed by atoms with Crippen LogP contribution in [-0.2, 0) is 13.2 Å². The van der Waals surface area contributed by atoms with Gasteiger partial charge in [0, 0.05) is 31.9 Å². The van der Waals surface area contributed by atoms with E-state index in [1.807, 2.05) is 44.4 Å². The lowest BCUT2D eigenvalue weighted by Crippen LogP contribution is -2.37. The van der Waals surface area contributed by atoms with Gasteiger partial charge in [0.05, 0.1) is 11.8 Å². The van der Waals surface area contributed by atoms with E-state index in [-0.39, 0.29) is 12.1 Å². The first-order valence-corrected chi connectivity index (χ1v) is 8.30. The van der Waals surface area contributed by atoms with E-state index in [2.05, 4.69) is 26.9 Å². The lowest BCUT2D eigenvalue weighted by Gasteiger charge is -2.21. The molecular formula is C19H25N3O2. The van der Waals surface area contributed by atoms with Gasteiger partial charge >= 0.3 is 0 Å². The molecule has 1 N–H and O–H groups in total. The molecule has 5 heteroatoms. The van der Waals surface area contributed by atoms with Crippen LogP contribution in [0.2, 0.25) is 0 Å². The van der Waals surface area contributed by atoms with Crippen LogP contribution in [0.25, 0.3) is 0 Å². The monoisotopic (exact) mass is 327 g/mol. The number of rotatable bonds is 6. The molecule has 1 aromatic carbocycles. The number of hydrogen-bond donors (Lipinski definition) is 1. The predicted molar refractivity (Wildman–Crippen MR) is 93.8 cm³/mol. The Hall–Kier alpha value is -1.95. The van der Waals surface area contributed by atoms with Crippen LogP contribution in [0, 0.1) is 0 Å². The summed E-state index contributed by atoms with van der Waals surface area (Å²) in [6, 6.07) is 14.2. The maximum absolute atomic E-state index is 10.1. The van der Waals surface area contributed by atoms with Crippen molar-refractivity contribution in [1.82, 2.24) is 14.8 Å². The van der Waals surface area contributed by atoms with Crippen LogP contribution in [0.1, 0.15) is 11.3 Å². The normalized spacial score (nSPS) is 21.3. The Labute approximate surface area is 143 Å². The van der Waals surface area contributed by atoms with Crippen molar-refractivity contribution in [3.05, 3.63) is 59.9 Å². The van der Waals surface area contributed by atoms with Gasteiger partial charge in [0.25, 0.3) is 0 Å². The molecule has 1 saturated heterocycles. The molecule has 24 heavy (non-hydrogen) atoms. The fraction of sp³-hybridized carbons (Fsp3) is 0.421. The molecule has 1 aliphatic heterocycles. The number of likely N-dealkylation sites (N-methyl/N-ethyl adjacent to an activating group) is 1. The smallest absolute Gasteiger partial charge is 0.130 e. The Bertz CT molecular complexity index is 631. The van der Waals surface area contributed by atoms with Crippen molar-refractivity contribution in [2.24, 2.45) is 0 Å². The summed E-state index contributed by atoms with van der Waals surface area (Å²) in [4.78, 5) is 8.64. The highest BCUT2D eigenvalue weighted by atomic mass is 16.5. The van der Waals surface area contributed by atoms with E-state index in [4.69, 9.17) is 4.74 Å². The van der Waals surface area contributed by atoms with Crippen LogP contribution in [0.5, 0.6) is 5.75 Å². The van der Waals surface area contributed by atoms with Crippen molar-refractivity contribution < 1.29 is 9.84 Å². The number of ether oxygens (including phenoxy) is 1. The molecule has 0 saturated carbocycles. The molecule has 0 radical (unpaired) electrons. The van der Waals surface area contributed by atoms with Crippen LogP contribution in [-0.4, -0.2) is 59.2 Å². The fourth-order valence-corrected chi connectivity index (χ4v) is 3.07. The molecule has 3 rings (SSSR count). The van der Waals surface area contributed by atoms with Gasteiger partial charge in [-0.2, -0.15) is 0 Å². The number of nitrogens with zero attached hydrogens (tertiary/aromatic N) is 3. The Balaban J connectivity index is 1.52. The Morgan fingerprint density at radius 3 is 2.58 bits per heavy atom. The summed E-state index contributed by atoms with van der Waals surface area (Å²) < 4.78 is 5.76. The quantitative estimate of drug-likeness (QED) is 0.876. The summed E-state index contributed by atoms with van der Waals surface area (Å²) in [6.45, 7) is 2.94. The lowest BCUT2D eigenvalue weighted by atomic mass is 10.2. The van der Waals surface area contributed by atoms with Crippen molar-refractivity contribution in [2.75, 3.05) is 27.2 Å². The number of aliphatic hydroxyl groups excluding tert-OH is 1. The molecule has 1 aromatic heterocycles. The van der Waals surface area contributed by atoms with Crippen molar-refractivity contribution in [3.8, 4) is 5.75 Å². The third kappa shape index (κ3) is 4.32. The molecule has 5 nitrogen and oxygen atoms in total. The van der Waals surface area contributed by atoms with Crippen molar-refractivity contribution in [1.29, 1.82) is 0 Å². The number of aromatic nitrogens is 1. The highest BCUT2D eigenvalue weighted by Gasteiger charge is 2.32. The summed E-state index contributed by atoms with van der Waals surface area (Å²) >= 11 is 0. The van der Waals surface area contributed by atoms with Gasteiger partial charge in [-0.25, -0.2) is 0 Å². The zero-order valence-corrected chi connectivity index (χ0v) is 14.3. The number of hydrogen-bond acceptors (Lipinski definition) is 5. The molecule has 1 fully saturated rings. The fourth-order valence-electron chi connectivity index (χ4n) is 3.07. The number of likely N-dealkylation sites (tertiary alicyclic amines) is 1. The lowest BCUT2D eigenvalue weighted by molar-refractivity contribution is 0.112. The number of pyridine rings is 1. The maximum atomic E-state index is 10.1. The molecule has 0 amide bonds. The first-order valence-electron chi connectivity index (χ1n) is 8.30. The Morgan fingerprint density at radius 1 is 1.17 bits per heavy atom. The minimum Gasteiger partial charge on any atom is -0.487 e. The summed E-state index contributed by atoms with van der Waals surface area (Å²) in [5.74, 6) is 0.844. The molecule has 2 heterocycles. The average molecular weight is 327 g/mol. The van der Waals surface area contributed by atoms with E-state index in [1.165, 1.54) is 5.56 Å². The van der Waals surface area contributed by atoms with E-state index in [0.29, 0.717) is 6.61 Å². The van der Waals surface area contributed by atoms with E-state index < -0.39 is 0 Å². The molecule has 0 spiro atoms. The largest absolute Gasteiger partial charge is 0.487 e. The van der Waals surface area contributed by atoms with Crippen LogP contribution < -0.4 is 4.74 Å². The van der Waals surface area contributed by atoms with Crippen LogP contribution in [0.15, 0.2) is 48.7 Å². The topological polar surface area (TPSA) is 48.8 Å². The first-order chi connectivity index (χ1) is 11.6. The first kappa shape index (κ1) is 16.9. The minimum absolute atomic E-state index is 0.214. The van der Waals surface area contributed by atoms with Gasteiger partial charge < -0.3 is 14.7 Å². The SMILES string of the molecule is CN(C)[C@H]1CN(Cc2ccc(OCc3ccccn3)cc2)C[C@@H]1O. The second-order valence-electron chi connectivity index (χ2n) is 6.55. The van der Waals surface area contributed by atoms with Crippen molar-refractivity contribution in [3.63, 3.8) is 0 Å². The van der Waals surface area contributed by atoms with Crippen molar-refractivity contribution in [2.45, 2.75) is 25.3 Å². The third-order valence-corrected chi connectivity index (χ3v) is 4.44. The summed E-state index contributed by atoms with van der Waals surface area (Å²) in [6.07, 6.45) is 1.49. The zero-order chi connectivity index (χ0) is 16.9. The molecule has 2 atom stereocenters.